The van der Waals surface area contributed by atoms with Crippen LogP contribution in [0.3, 0.4) is 0 Å². The van der Waals surface area contributed by atoms with E-state index in [0.717, 1.165) is 35.4 Å². The van der Waals surface area contributed by atoms with Gasteiger partial charge in [0.25, 0.3) is 0 Å². The van der Waals surface area contributed by atoms with Crippen LogP contribution >= 0.6 is 15.9 Å². The zero-order chi connectivity index (χ0) is 14.5. The van der Waals surface area contributed by atoms with E-state index in [1.807, 2.05) is 6.07 Å². The number of aromatic nitrogens is 2. The summed E-state index contributed by atoms with van der Waals surface area (Å²) in [5.74, 6) is 0.643. The van der Waals surface area contributed by atoms with Gasteiger partial charge in [-0.1, -0.05) is 29.8 Å². The monoisotopic (exact) mass is 339 g/mol. The summed E-state index contributed by atoms with van der Waals surface area (Å²) in [6.45, 7) is 5.21. The van der Waals surface area contributed by atoms with Crippen molar-refractivity contribution >= 4 is 15.9 Å². The van der Waals surface area contributed by atoms with Gasteiger partial charge in [0.15, 0.2) is 0 Å². The lowest BCUT2D eigenvalue weighted by Crippen LogP contribution is -2.24. The number of aryl methyl sites for hydroxylation is 1. The minimum atomic E-state index is -0.254. The number of nitrogens with one attached hydrogen (secondary N) is 2. The Balaban J connectivity index is 1.98. The van der Waals surface area contributed by atoms with Gasteiger partial charge in [-0.2, -0.15) is 0 Å². The van der Waals surface area contributed by atoms with Crippen molar-refractivity contribution in [2.75, 3.05) is 6.54 Å². The van der Waals surface area contributed by atoms with Gasteiger partial charge in [-0.05, 0) is 31.2 Å². The van der Waals surface area contributed by atoms with Crippen molar-refractivity contribution in [2.45, 2.75) is 32.7 Å². The van der Waals surface area contributed by atoms with Gasteiger partial charge in [0.05, 0.1) is 11.9 Å². The van der Waals surface area contributed by atoms with Crippen molar-refractivity contribution in [1.82, 2.24) is 15.3 Å². The Morgan fingerprint density at radius 2 is 2.20 bits per heavy atom. The van der Waals surface area contributed by atoms with Gasteiger partial charge in [-0.25, -0.2) is 9.37 Å². The summed E-state index contributed by atoms with van der Waals surface area (Å²) >= 11 is 3.25. The van der Waals surface area contributed by atoms with E-state index in [2.05, 4.69) is 45.1 Å². The predicted molar refractivity (Wildman–Crippen MR) is 83.1 cm³/mol. The summed E-state index contributed by atoms with van der Waals surface area (Å²) in [5.41, 5.74) is 1.27. The van der Waals surface area contributed by atoms with Gasteiger partial charge in [0, 0.05) is 22.5 Å². The lowest BCUT2D eigenvalue weighted by Gasteiger charge is -2.06. The second kappa shape index (κ2) is 6.99. The molecular formula is C15H19BrFN3. The molecule has 0 saturated heterocycles. The normalized spacial score (nSPS) is 11.2. The maximum Gasteiger partial charge on any atom is 0.133 e. The molecule has 0 spiro atoms. The molecule has 5 heteroatoms. The first-order valence-corrected chi connectivity index (χ1v) is 7.58. The van der Waals surface area contributed by atoms with Crippen molar-refractivity contribution in [3.05, 3.63) is 40.5 Å². The molecule has 1 heterocycles. The molecule has 3 nitrogen and oxygen atoms in total. The minimum Gasteiger partial charge on any atom is -0.342 e. The van der Waals surface area contributed by atoms with Crippen LogP contribution in [0, 0.1) is 5.82 Å². The molecule has 0 radical (unpaired) electrons. The molecule has 0 saturated carbocycles. The van der Waals surface area contributed by atoms with Gasteiger partial charge in [0.2, 0.25) is 0 Å². The molecule has 0 fully saturated rings. The van der Waals surface area contributed by atoms with E-state index in [4.69, 9.17) is 0 Å². The van der Waals surface area contributed by atoms with E-state index < -0.39 is 0 Å². The Labute approximate surface area is 127 Å². The van der Waals surface area contributed by atoms with Crippen LogP contribution in [0.5, 0.6) is 0 Å². The standard InChI is InChI=1S/C15H19BrFN3/c1-10(2)18-7-3-4-15-19-9-14(20-15)12-6-5-11(16)8-13(12)17/h5-6,8-10,18H,3-4,7H2,1-2H3,(H,19,20). The lowest BCUT2D eigenvalue weighted by atomic mass is 10.1. The molecule has 108 valence electrons. The van der Waals surface area contributed by atoms with Crippen LogP contribution in [0.4, 0.5) is 4.39 Å². The Kier molecular flexibility index (Phi) is 5.31. The highest BCUT2D eigenvalue weighted by Gasteiger charge is 2.08. The first-order chi connectivity index (χ1) is 9.56. The van der Waals surface area contributed by atoms with Crippen molar-refractivity contribution in [2.24, 2.45) is 0 Å². The highest BCUT2D eigenvalue weighted by atomic mass is 79.9. The molecule has 20 heavy (non-hydrogen) atoms. The topological polar surface area (TPSA) is 40.7 Å². The van der Waals surface area contributed by atoms with Gasteiger partial charge in [-0.15, -0.1) is 0 Å². The van der Waals surface area contributed by atoms with Crippen molar-refractivity contribution in [3.63, 3.8) is 0 Å². The number of H-pyrrole nitrogens is 1. The predicted octanol–water partition coefficient (Wildman–Crippen LogP) is 3.91. The zero-order valence-electron chi connectivity index (χ0n) is 11.7. The Morgan fingerprint density at radius 3 is 2.90 bits per heavy atom. The molecule has 0 aliphatic heterocycles. The fourth-order valence-corrected chi connectivity index (χ4v) is 2.31. The van der Waals surface area contributed by atoms with Crippen LogP contribution in [-0.2, 0) is 6.42 Å². The van der Waals surface area contributed by atoms with E-state index in [0.29, 0.717) is 11.6 Å². The number of hydrogen-bond donors (Lipinski definition) is 2. The number of aromatic amines is 1. The first-order valence-electron chi connectivity index (χ1n) is 6.79. The van der Waals surface area contributed by atoms with E-state index >= 15 is 0 Å². The number of rotatable bonds is 6. The Morgan fingerprint density at radius 1 is 1.40 bits per heavy atom. The van der Waals surface area contributed by atoms with E-state index in [1.54, 1.807) is 12.3 Å². The summed E-state index contributed by atoms with van der Waals surface area (Å²) in [4.78, 5) is 7.49. The van der Waals surface area contributed by atoms with E-state index in [9.17, 15) is 4.39 Å². The molecule has 1 aromatic carbocycles. The van der Waals surface area contributed by atoms with E-state index in [1.165, 1.54) is 6.07 Å². The molecule has 0 bridgehead atoms. The van der Waals surface area contributed by atoms with Crippen molar-refractivity contribution in [3.8, 4) is 11.3 Å². The molecule has 2 N–H and O–H groups in total. The smallest absolute Gasteiger partial charge is 0.133 e. The lowest BCUT2D eigenvalue weighted by molar-refractivity contribution is 0.567. The molecule has 0 atom stereocenters. The van der Waals surface area contributed by atoms with Crippen LogP contribution in [0.25, 0.3) is 11.3 Å². The third kappa shape index (κ3) is 4.15. The SMILES string of the molecule is CC(C)NCCCc1ncc(-c2ccc(Br)cc2F)[nH]1. The third-order valence-electron chi connectivity index (χ3n) is 2.99. The maximum atomic E-state index is 13.9. The highest BCUT2D eigenvalue weighted by molar-refractivity contribution is 9.10. The fraction of sp³-hybridized carbons (Fsp3) is 0.400. The van der Waals surface area contributed by atoms with Crippen LogP contribution in [0.2, 0.25) is 0 Å². The molecule has 2 rings (SSSR count). The van der Waals surface area contributed by atoms with Crippen LogP contribution in [0.15, 0.2) is 28.9 Å². The number of nitrogens with zero attached hydrogens (tertiary/aromatic N) is 1. The number of imidazole rings is 1. The molecule has 0 amide bonds. The molecular weight excluding hydrogens is 321 g/mol. The largest absolute Gasteiger partial charge is 0.342 e. The number of halogens is 2. The summed E-state index contributed by atoms with van der Waals surface area (Å²) in [7, 11) is 0. The zero-order valence-corrected chi connectivity index (χ0v) is 13.3. The molecule has 1 aromatic heterocycles. The van der Waals surface area contributed by atoms with Gasteiger partial charge < -0.3 is 10.3 Å². The minimum absolute atomic E-state index is 0.254. The average molecular weight is 340 g/mol. The van der Waals surface area contributed by atoms with Crippen LogP contribution in [-0.4, -0.2) is 22.6 Å². The summed E-state index contributed by atoms with van der Waals surface area (Å²) in [5, 5.41) is 3.36. The van der Waals surface area contributed by atoms with Gasteiger partial charge in [-0.3, -0.25) is 0 Å². The van der Waals surface area contributed by atoms with Crippen LogP contribution in [0.1, 0.15) is 26.1 Å². The Bertz CT molecular complexity index is 566. The Hall–Kier alpha value is -1.20. The summed E-state index contributed by atoms with van der Waals surface area (Å²) in [6, 6.07) is 5.53. The summed E-state index contributed by atoms with van der Waals surface area (Å²) < 4.78 is 14.6. The first kappa shape index (κ1) is 15.2. The number of benzene rings is 1. The second-order valence-electron chi connectivity index (χ2n) is 5.08. The van der Waals surface area contributed by atoms with E-state index in [-0.39, 0.29) is 5.82 Å². The van der Waals surface area contributed by atoms with Crippen LogP contribution < -0.4 is 5.32 Å². The molecule has 2 aromatic rings. The third-order valence-corrected chi connectivity index (χ3v) is 3.49. The van der Waals surface area contributed by atoms with Gasteiger partial charge in [0.1, 0.15) is 11.6 Å². The molecule has 0 aliphatic carbocycles. The van der Waals surface area contributed by atoms with Crippen molar-refractivity contribution < 1.29 is 4.39 Å². The summed E-state index contributed by atoms with van der Waals surface area (Å²) in [6.07, 6.45) is 3.56. The quantitative estimate of drug-likeness (QED) is 0.783. The maximum absolute atomic E-state index is 13.9. The second-order valence-corrected chi connectivity index (χ2v) is 6.00. The highest BCUT2D eigenvalue weighted by Crippen LogP contribution is 2.24. The number of hydrogen-bond acceptors (Lipinski definition) is 2. The average Bonchev–Trinajstić information content (AvgIpc) is 2.83. The molecule has 0 aliphatic rings. The fourth-order valence-electron chi connectivity index (χ4n) is 1.98. The van der Waals surface area contributed by atoms with Gasteiger partial charge >= 0.3 is 0 Å². The molecule has 0 unspecified atom stereocenters. The van der Waals surface area contributed by atoms with Crippen molar-refractivity contribution in [1.29, 1.82) is 0 Å².